The van der Waals surface area contributed by atoms with Crippen LogP contribution in [0.15, 0.2) is 0 Å². The van der Waals surface area contributed by atoms with E-state index in [4.69, 9.17) is 10.2 Å². The summed E-state index contributed by atoms with van der Waals surface area (Å²) < 4.78 is 0. The van der Waals surface area contributed by atoms with Crippen LogP contribution >= 0.6 is 0 Å². The highest BCUT2D eigenvalue weighted by atomic mass is 16.4. The number of aliphatic carboxylic acids is 2. The van der Waals surface area contributed by atoms with Crippen molar-refractivity contribution < 1.29 is 24.6 Å². The standard InChI is InChI=1S/C11H19NO5/c1-7(9(14)15)4-5-12-8(13)6-11(2,3)10(16)17/h7H,4-6H2,1-3H3,(H,12,13)(H,14,15)(H,16,17)/t7-/m1/s1. The van der Waals surface area contributed by atoms with Gasteiger partial charge in [-0.05, 0) is 20.3 Å². The number of amides is 1. The quantitative estimate of drug-likeness (QED) is 0.613. The molecule has 0 aromatic rings. The van der Waals surface area contributed by atoms with Crippen molar-refractivity contribution in [3.63, 3.8) is 0 Å². The Bertz CT molecular complexity index is 311. The summed E-state index contributed by atoms with van der Waals surface area (Å²) in [5.41, 5.74) is -1.11. The normalized spacial score (nSPS) is 12.9. The Labute approximate surface area is 100 Å². The molecule has 0 saturated heterocycles. The number of carbonyl (C=O) groups excluding carboxylic acids is 1. The SMILES string of the molecule is C[C@H](CCNC(=O)CC(C)(C)C(=O)O)C(=O)O. The zero-order valence-electron chi connectivity index (χ0n) is 10.3. The smallest absolute Gasteiger partial charge is 0.309 e. The molecule has 3 N–H and O–H groups in total. The Balaban J connectivity index is 3.97. The summed E-state index contributed by atoms with van der Waals surface area (Å²) in [5.74, 6) is -2.85. The Morgan fingerprint density at radius 3 is 2.18 bits per heavy atom. The molecule has 0 aliphatic rings. The lowest BCUT2D eigenvalue weighted by atomic mass is 9.89. The number of hydrogen-bond donors (Lipinski definition) is 3. The molecule has 0 radical (unpaired) electrons. The van der Waals surface area contributed by atoms with Gasteiger partial charge in [-0.3, -0.25) is 14.4 Å². The summed E-state index contributed by atoms with van der Waals surface area (Å²) in [6.45, 7) is 4.72. The summed E-state index contributed by atoms with van der Waals surface area (Å²) in [6.07, 6.45) is 0.207. The van der Waals surface area contributed by atoms with Crippen LogP contribution in [0.1, 0.15) is 33.6 Å². The maximum atomic E-state index is 11.4. The topological polar surface area (TPSA) is 104 Å². The van der Waals surface area contributed by atoms with Crippen LogP contribution in [0.2, 0.25) is 0 Å². The molecule has 0 unspecified atom stereocenters. The Morgan fingerprint density at radius 2 is 1.76 bits per heavy atom. The van der Waals surface area contributed by atoms with Gasteiger partial charge in [-0.25, -0.2) is 0 Å². The second-order valence-electron chi connectivity index (χ2n) is 4.74. The predicted molar refractivity (Wildman–Crippen MR) is 60.5 cm³/mol. The van der Waals surface area contributed by atoms with Gasteiger partial charge < -0.3 is 15.5 Å². The Hall–Kier alpha value is -1.59. The number of carboxylic acids is 2. The van der Waals surface area contributed by atoms with E-state index in [2.05, 4.69) is 5.32 Å². The number of nitrogens with one attached hydrogen (secondary N) is 1. The van der Waals surface area contributed by atoms with Crippen molar-refractivity contribution in [3.8, 4) is 0 Å². The summed E-state index contributed by atoms with van der Waals surface area (Å²) >= 11 is 0. The summed E-state index contributed by atoms with van der Waals surface area (Å²) in [7, 11) is 0. The lowest BCUT2D eigenvalue weighted by molar-refractivity contribution is -0.149. The molecule has 0 spiro atoms. The Kier molecular flexibility index (Phi) is 5.64. The van der Waals surface area contributed by atoms with E-state index in [1.807, 2.05) is 0 Å². The van der Waals surface area contributed by atoms with Gasteiger partial charge in [-0.2, -0.15) is 0 Å². The monoisotopic (exact) mass is 245 g/mol. The van der Waals surface area contributed by atoms with E-state index in [-0.39, 0.29) is 18.9 Å². The van der Waals surface area contributed by atoms with Crippen molar-refractivity contribution in [1.82, 2.24) is 5.32 Å². The van der Waals surface area contributed by atoms with Crippen molar-refractivity contribution >= 4 is 17.8 Å². The van der Waals surface area contributed by atoms with Gasteiger partial charge in [0.2, 0.25) is 5.91 Å². The van der Waals surface area contributed by atoms with Crippen molar-refractivity contribution in [2.75, 3.05) is 6.54 Å². The molecule has 0 aromatic heterocycles. The molecule has 98 valence electrons. The molecule has 0 fully saturated rings. The molecule has 0 rings (SSSR count). The van der Waals surface area contributed by atoms with Crippen molar-refractivity contribution in [1.29, 1.82) is 0 Å². The Morgan fingerprint density at radius 1 is 1.24 bits per heavy atom. The molecule has 0 bridgehead atoms. The van der Waals surface area contributed by atoms with Gasteiger partial charge in [0.05, 0.1) is 11.3 Å². The molecule has 0 saturated carbocycles. The maximum absolute atomic E-state index is 11.4. The van der Waals surface area contributed by atoms with E-state index in [0.717, 1.165) is 0 Å². The van der Waals surface area contributed by atoms with E-state index < -0.39 is 23.3 Å². The first-order valence-electron chi connectivity index (χ1n) is 5.39. The summed E-state index contributed by atoms with van der Waals surface area (Å²) in [4.78, 5) is 32.7. The predicted octanol–water partition coefficient (Wildman–Crippen LogP) is 0.714. The summed E-state index contributed by atoms with van der Waals surface area (Å²) in [5, 5.41) is 19.9. The number of hydrogen-bond acceptors (Lipinski definition) is 3. The second kappa shape index (κ2) is 6.22. The van der Waals surface area contributed by atoms with Crippen molar-refractivity contribution in [2.24, 2.45) is 11.3 Å². The van der Waals surface area contributed by atoms with Gasteiger partial charge in [-0.15, -0.1) is 0 Å². The third-order valence-corrected chi connectivity index (χ3v) is 2.50. The lowest BCUT2D eigenvalue weighted by Gasteiger charge is -2.18. The van der Waals surface area contributed by atoms with Crippen LogP contribution in [-0.2, 0) is 14.4 Å². The molecule has 0 aliphatic heterocycles. The number of rotatable bonds is 7. The van der Waals surface area contributed by atoms with Crippen LogP contribution in [0.4, 0.5) is 0 Å². The fraction of sp³-hybridized carbons (Fsp3) is 0.727. The second-order valence-corrected chi connectivity index (χ2v) is 4.74. The molecular formula is C11H19NO5. The molecule has 6 nitrogen and oxygen atoms in total. The van der Waals surface area contributed by atoms with E-state index in [0.29, 0.717) is 6.42 Å². The lowest BCUT2D eigenvalue weighted by Crippen LogP contribution is -2.34. The van der Waals surface area contributed by atoms with Gasteiger partial charge in [-0.1, -0.05) is 6.92 Å². The van der Waals surface area contributed by atoms with Gasteiger partial charge in [0.15, 0.2) is 0 Å². The first kappa shape index (κ1) is 15.4. The molecule has 1 amide bonds. The zero-order valence-corrected chi connectivity index (χ0v) is 10.3. The highest BCUT2D eigenvalue weighted by Gasteiger charge is 2.29. The highest BCUT2D eigenvalue weighted by molar-refractivity contribution is 5.84. The van der Waals surface area contributed by atoms with Crippen LogP contribution in [-0.4, -0.2) is 34.6 Å². The fourth-order valence-corrected chi connectivity index (χ4v) is 1.09. The molecule has 0 heterocycles. The van der Waals surface area contributed by atoms with Crippen LogP contribution in [0.3, 0.4) is 0 Å². The van der Waals surface area contributed by atoms with Gasteiger partial charge in [0.25, 0.3) is 0 Å². The van der Waals surface area contributed by atoms with Crippen molar-refractivity contribution in [3.05, 3.63) is 0 Å². The minimum atomic E-state index is -1.11. The van der Waals surface area contributed by atoms with E-state index in [1.165, 1.54) is 13.8 Å². The highest BCUT2D eigenvalue weighted by Crippen LogP contribution is 2.19. The third-order valence-electron chi connectivity index (χ3n) is 2.50. The van der Waals surface area contributed by atoms with Crippen LogP contribution < -0.4 is 5.32 Å². The molecule has 1 atom stereocenters. The van der Waals surface area contributed by atoms with Crippen LogP contribution in [0, 0.1) is 11.3 Å². The maximum Gasteiger partial charge on any atom is 0.309 e. The molecule has 17 heavy (non-hydrogen) atoms. The largest absolute Gasteiger partial charge is 0.481 e. The van der Waals surface area contributed by atoms with Crippen molar-refractivity contribution in [2.45, 2.75) is 33.6 Å². The van der Waals surface area contributed by atoms with E-state index in [9.17, 15) is 14.4 Å². The fourth-order valence-electron chi connectivity index (χ4n) is 1.09. The first-order chi connectivity index (χ1) is 7.66. The van der Waals surface area contributed by atoms with Gasteiger partial charge >= 0.3 is 11.9 Å². The molecule has 6 heteroatoms. The van der Waals surface area contributed by atoms with E-state index >= 15 is 0 Å². The summed E-state index contributed by atoms with van der Waals surface area (Å²) in [6, 6.07) is 0. The van der Waals surface area contributed by atoms with Gasteiger partial charge in [0, 0.05) is 13.0 Å². The van der Waals surface area contributed by atoms with Crippen LogP contribution in [0.5, 0.6) is 0 Å². The van der Waals surface area contributed by atoms with Gasteiger partial charge in [0.1, 0.15) is 0 Å². The molecule has 0 aromatic carbocycles. The molecule has 0 aliphatic carbocycles. The number of carbonyl (C=O) groups is 3. The average molecular weight is 245 g/mol. The minimum Gasteiger partial charge on any atom is -0.481 e. The van der Waals surface area contributed by atoms with E-state index in [1.54, 1.807) is 6.92 Å². The third kappa shape index (κ3) is 5.89. The van der Waals surface area contributed by atoms with Crippen LogP contribution in [0.25, 0.3) is 0 Å². The molecular weight excluding hydrogens is 226 g/mol. The first-order valence-corrected chi connectivity index (χ1v) is 5.39. The average Bonchev–Trinajstić information content (AvgIpc) is 2.16. The number of carboxylic acid groups (broad SMARTS) is 2. The zero-order chi connectivity index (χ0) is 13.6. The minimum absolute atomic E-state index is 0.121.